The van der Waals surface area contributed by atoms with Crippen molar-refractivity contribution in [2.45, 2.75) is 58.5 Å². The third-order valence-electron chi connectivity index (χ3n) is 2.91. The zero-order chi connectivity index (χ0) is 18.4. The average molecular weight is 350 g/mol. The molecule has 0 bridgehead atoms. The van der Waals surface area contributed by atoms with Crippen LogP contribution in [-0.4, -0.2) is 61.3 Å². The van der Waals surface area contributed by atoms with E-state index in [1.165, 1.54) is 0 Å². The highest BCUT2D eigenvalue weighted by Gasteiger charge is 2.52. The summed E-state index contributed by atoms with van der Waals surface area (Å²) in [6, 6.07) is 0. The van der Waals surface area contributed by atoms with Crippen molar-refractivity contribution >= 4 is 23.9 Å². The summed E-state index contributed by atoms with van der Waals surface area (Å²) in [7, 11) is 0. The molecular formula is C14H19FO9. The molecule has 2 unspecified atom stereocenters. The first-order valence-electron chi connectivity index (χ1n) is 7.06. The maximum Gasteiger partial charge on any atom is 0.305 e. The van der Waals surface area contributed by atoms with Crippen LogP contribution >= 0.6 is 0 Å². The summed E-state index contributed by atoms with van der Waals surface area (Å²) >= 11 is 0. The Bertz CT molecular complexity index is 490. The van der Waals surface area contributed by atoms with Crippen LogP contribution < -0.4 is 0 Å². The minimum absolute atomic E-state index is 0.421. The van der Waals surface area contributed by atoms with Crippen LogP contribution in [0.2, 0.25) is 0 Å². The molecule has 0 N–H and O–H groups in total. The van der Waals surface area contributed by atoms with Crippen LogP contribution in [0.25, 0.3) is 0 Å². The predicted octanol–water partition coefficient (Wildman–Crippen LogP) is 0.0390. The molecule has 0 radical (unpaired) electrons. The van der Waals surface area contributed by atoms with Crippen LogP contribution in [0.15, 0.2) is 0 Å². The van der Waals surface area contributed by atoms with Crippen LogP contribution in [-0.2, 0) is 42.9 Å². The number of rotatable bonds is 5. The molecule has 0 aromatic heterocycles. The van der Waals surface area contributed by atoms with Crippen molar-refractivity contribution in [2.24, 2.45) is 0 Å². The number of esters is 4. The van der Waals surface area contributed by atoms with Gasteiger partial charge in [-0.2, -0.15) is 0 Å². The van der Waals surface area contributed by atoms with E-state index in [2.05, 4.69) is 0 Å². The number of hydrogen-bond donors (Lipinski definition) is 0. The summed E-state index contributed by atoms with van der Waals surface area (Å²) in [5.74, 6) is -3.11. The Labute approximate surface area is 137 Å². The molecule has 24 heavy (non-hydrogen) atoms. The first kappa shape index (κ1) is 19.8. The van der Waals surface area contributed by atoms with Gasteiger partial charge < -0.3 is 23.7 Å². The molecule has 136 valence electrons. The largest absolute Gasteiger partial charge is 0.463 e. The summed E-state index contributed by atoms with van der Waals surface area (Å²) in [5.41, 5.74) is 0. The smallest absolute Gasteiger partial charge is 0.305 e. The fraction of sp³-hybridized carbons (Fsp3) is 0.714. The van der Waals surface area contributed by atoms with E-state index in [1.807, 2.05) is 0 Å². The number of carbonyl (C=O) groups is 4. The summed E-state index contributed by atoms with van der Waals surface area (Å²) < 4.78 is 39.0. The maximum atomic E-state index is 14.5. The van der Waals surface area contributed by atoms with Gasteiger partial charge in [0.2, 0.25) is 12.5 Å². The molecule has 1 aliphatic rings. The second-order valence-electron chi connectivity index (χ2n) is 5.05. The zero-order valence-corrected chi connectivity index (χ0v) is 13.6. The lowest BCUT2D eigenvalue weighted by Crippen LogP contribution is -2.60. The van der Waals surface area contributed by atoms with E-state index < -0.39 is 61.3 Å². The zero-order valence-electron chi connectivity index (χ0n) is 13.6. The summed E-state index contributed by atoms with van der Waals surface area (Å²) in [4.78, 5) is 44.5. The highest BCUT2D eigenvalue weighted by atomic mass is 19.1. The second kappa shape index (κ2) is 8.57. The topological polar surface area (TPSA) is 114 Å². The minimum atomic E-state index is -2.10. The Morgan fingerprint density at radius 2 is 1.33 bits per heavy atom. The van der Waals surface area contributed by atoms with E-state index in [4.69, 9.17) is 23.7 Å². The van der Waals surface area contributed by atoms with Crippen LogP contribution in [0, 0.1) is 0 Å². The number of carbonyl (C=O) groups excluding carboxylic acids is 4. The average Bonchev–Trinajstić information content (AvgIpc) is 2.42. The molecule has 5 atom stereocenters. The number of ether oxygens (including phenoxy) is 5. The van der Waals surface area contributed by atoms with Gasteiger partial charge in [-0.25, -0.2) is 4.39 Å². The van der Waals surface area contributed by atoms with Crippen molar-refractivity contribution in [1.82, 2.24) is 0 Å². The van der Waals surface area contributed by atoms with Gasteiger partial charge in [-0.05, 0) is 0 Å². The molecule has 0 spiro atoms. The second-order valence-corrected chi connectivity index (χ2v) is 5.05. The molecule has 0 aliphatic carbocycles. The van der Waals surface area contributed by atoms with Gasteiger partial charge in [-0.15, -0.1) is 0 Å². The lowest BCUT2D eigenvalue weighted by molar-refractivity contribution is -0.284. The number of hydrogen-bond acceptors (Lipinski definition) is 9. The van der Waals surface area contributed by atoms with E-state index in [0.29, 0.717) is 0 Å². The van der Waals surface area contributed by atoms with Crippen LogP contribution in [0.1, 0.15) is 27.7 Å². The number of alkyl halides is 1. The van der Waals surface area contributed by atoms with E-state index in [9.17, 15) is 23.6 Å². The summed E-state index contributed by atoms with van der Waals surface area (Å²) in [6.45, 7) is 3.86. The molecule has 9 nitrogen and oxygen atoms in total. The maximum absolute atomic E-state index is 14.5. The van der Waals surface area contributed by atoms with Gasteiger partial charge in [0.25, 0.3) is 0 Å². The Balaban J connectivity index is 3.08. The van der Waals surface area contributed by atoms with Crippen LogP contribution in [0.5, 0.6) is 0 Å². The Kier molecular flexibility index (Phi) is 7.08. The quantitative estimate of drug-likeness (QED) is 0.500. The molecule has 1 fully saturated rings. The minimum Gasteiger partial charge on any atom is -0.463 e. The van der Waals surface area contributed by atoms with E-state index in [1.54, 1.807) is 0 Å². The standard InChI is InChI=1S/C14H19FO9/c1-6(16)20-5-10-12(21-7(2)17)13(22-8(3)18)11(15)14(24-10)23-9(4)19/h10-14H,5H2,1-4H3/t10?,11-,12+,13?,14+/m0/s1. The molecule has 0 saturated carbocycles. The van der Waals surface area contributed by atoms with Gasteiger partial charge >= 0.3 is 23.9 Å². The van der Waals surface area contributed by atoms with Crippen molar-refractivity contribution in [2.75, 3.05) is 6.61 Å². The van der Waals surface area contributed by atoms with Crippen molar-refractivity contribution in [1.29, 1.82) is 0 Å². The van der Waals surface area contributed by atoms with Gasteiger partial charge in [0.15, 0.2) is 12.2 Å². The van der Waals surface area contributed by atoms with Crippen LogP contribution in [0.3, 0.4) is 0 Å². The third kappa shape index (κ3) is 5.76. The lowest BCUT2D eigenvalue weighted by Gasteiger charge is -2.41. The Morgan fingerprint density at radius 1 is 0.833 bits per heavy atom. The normalized spacial score (nSPS) is 29.3. The molecule has 1 rings (SSSR count). The molecule has 1 aliphatic heterocycles. The lowest BCUT2D eigenvalue weighted by atomic mass is 9.99. The molecule has 1 heterocycles. The van der Waals surface area contributed by atoms with Gasteiger partial charge in [0.05, 0.1) is 0 Å². The van der Waals surface area contributed by atoms with Gasteiger partial charge in [0.1, 0.15) is 12.7 Å². The monoisotopic (exact) mass is 350 g/mol. The first-order valence-corrected chi connectivity index (χ1v) is 7.06. The van der Waals surface area contributed by atoms with Crippen molar-refractivity contribution in [3.8, 4) is 0 Å². The van der Waals surface area contributed by atoms with E-state index >= 15 is 0 Å². The highest BCUT2D eigenvalue weighted by Crippen LogP contribution is 2.29. The van der Waals surface area contributed by atoms with Gasteiger partial charge in [0, 0.05) is 27.7 Å². The fourth-order valence-corrected chi connectivity index (χ4v) is 2.12. The molecule has 0 aromatic rings. The van der Waals surface area contributed by atoms with E-state index in [0.717, 1.165) is 27.7 Å². The molecular weight excluding hydrogens is 331 g/mol. The third-order valence-corrected chi connectivity index (χ3v) is 2.91. The van der Waals surface area contributed by atoms with Crippen molar-refractivity contribution < 1.29 is 47.3 Å². The predicted molar refractivity (Wildman–Crippen MR) is 73.1 cm³/mol. The van der Waals surface area contributed by atoms with E-state index in [-0.39, 0.29) is 0 Å². The molecule has 10 heteroatoms. The Hall–Kier alpha value is -2.23. The van der Waals surface area contributed by atoms with Crippen molar-refractivity contribution in [3.05, 3.63) is 0 Å². The molecule has 1 saturated heterocycles. The fourth-order valence-electron chi connectivity index (χ4n) is 2.12. The molecule has 0 amide bonds. The summed E-state index contributed by atoms with van der Waals surface area (Å²) in [5, 5.41) is 0. The van der Waals surface area contributed by atoms with Gasteiger partial charge in [-0.3, -0.25) is 19.2 Å². The Morgan fingerprint density at radius 3 is 1.79 bits per heavy atom. The molecule has 0 aromatic carbocycles. The van der Waals surface area contributed by atoms with Gasteiger partial charge in [-0.1, -0.05) is 0 Å². The first-order chi connectivity index (χ1) is 11.1. The van der Waals surface area contributed by atoms with Crippen LogP contribution in [0.4, 0.5) is 4.39 Å². The number of halogens is 1. The van der Waals surface area contributed by atoms with Crippen molar-refractivity contribution in [3.63, 3.8) is 0 Å². The highest BCUT2D eigenvalue weighted by molar-refractivity contribution is 5.68. The SMILES string of the molecule is CC(=O)OCC1O[C@@H](OC(C)=O)[C@@H](F)C(OC(C)=O)[C@@H]1OC(C)=O. The summed E-state index contributed by atoms with van der Waals surface area (Å²) in [6.07, 6.45) is -7.98.